The third kappa shape index (κ3) is 6.49. The van der Waals surface area contributed by atoms with Crippen LogP contribution in [0.2, 0.25) is 0 Å². The number of likely N-dealkylation sites (N-methyl/N-ethyl adjacent to an activating group) is 1. The van der Waals surface area contributed by atoms with E-state index >= 15 is 0 Å². The highest BCUT2D eigenvalue weighted by Crippen LogP contribution is 2.28. The highest BCUT2D eigenvalue weighted by atomic mass is 79.9. The number of hydrogen-bond donors (Lipinski definition) is 2. The van der Waals surface area contributed by atoms with E-state index in [-0.39, 0.29) is 0 Å². The summed E-state index contributed by atoms with van der Waals surface area (Å²) < 4.78 is 6.25. The summed E-state index contributed by atoms with van der Waals surface area (Å²) in [6.07, 6.45) is 1.11. The molecule has 0 bridgehead atoms. The van der Waals surface area contributed by atoms with Gasteiger partial charge < -0.3 is 25.2 Å². The van der Waals surface area contributed by atoms with E-state index in [2.05, 4.69) is 72.7 Å². The average Bonchev–Trinajstić information content (AvgIpc) is 3.07. The van der Waals surface area contributed by atoms with Gasteiger partial charge in [-0.05, 0) is 41.5 Å². The number of halogens is 1. The number of ether oxygens (including phenoxy) is 1. The summed E-state index contributed by atoms with van der Waals surface area (Å²) >= 11 is 3.64. The Morgan fingerprint density at radius 2 is 2.20 bits per heavy atom. The SMILES string of the molecule is CN=C(NCCN(C)CCOC)NC1CCN(c2ccccc2Br)C1. The van der Waals surface area contributed by atoms with Crippen LogP contribution in [0.25, 0.3) is 0 Å². The highest BCUT2D eigenvalue weighted by molar-refractivity contribution is 9.10. The average molecular weight is 412 g/mol. The minimum Gasteiger partial charge on any atom is -0.383 e. The molecule has 0 amide bonds. The van der Waals surface area contributed by atoms with Gasteiger partial charge in [0.1, 0.15) is 0 Å². The number of para-hydroxylation sites is 1. The summed E-state index contributed by atoms with van der Waals surface area (Å²) in [5.74, 6) is 0.874. The van der Waals surface area contributed by atoms with Crippen LogP contribution in [0.4, 0.5) is 5.69 Å². The molecule has 1 fully saturated rings. The second-order valence-corrected chi connectivity index (χ2v) is 7.18. The molecule has 1 atom stereocenters. The van der Waals surface area contributed by atoms with Gasteiger partial charge in [-0.2, -0.15) is 0 Å². The molecule has 25 heavy (non-hydrogen) atoms. The van der Waals surface area contributed by atoms with Crippen molar-refractivity contribution in [3.05, 3.63) is 28.7 Å². The molecular weight excluding hydrogens is 382 g/mol. The molecule has 2 rings (SSSR count). The first kappa shape index (κ1) is 20.0. The molecule has 140 valence electrons. The Morgan fingerprint density at radius 3 is 2.92 bits per heavy atom. The minimum absolute atomic E-state index is 0.407. The zero-order valence-corrected chi connectivity index (χ0v) is 17.1. The molecule has 7 heteroatoms. The lowest BCUT2D eigenvalue weighted by atomic mass is 10.3. The van der Waals surface area contributed by atoms with Gasteiger partial charge in [0.25, 0.3) is 0 Å². The van der Waals surface area contributed by atoms with Crippen molar-refractivity contribution in [3.63, 3.8) is 0 Å². The molecule has 1 unspecified atom stereocenters. The maximum Gasteiger partial charge on any atom is 0.191 e. The van der Waals surface area contributed by atoms with Gasteiger partial charge in [0.15, 0.2) is 5.96 Å². The van der Waals surface area contributed by atoms with Crippen molar-refractivity contribution in [1.29, 1.82) is 0 Å². The predicted molar refractivity (Wildman–Crippen MR) is 109 cm³/mol. The molecule has 0 radical (unpaired) electrons. The van der Waals surface area contributed by atoms with Crippen LogP contribution in [-0.4, -0.2) is 77.4 Å². The molecule has 1 aliphatic heterocycles. The summed E-state index contributed by atoms with van der Waals surface area (Å²) in [5.41, 5.74) is 1.26. The first-order valence-electron chi connectivity index (χ1n) is 8.78. The molecule has 6 nitrogen and oxygen atoms in total. The van der Waals surface area contributed by atoms with Crippen LogP contribution in [0.3, 0.4) is 0 Å². The first-order chi connectivity index (χ1) is 12.1. The van der Waals surface area contributed by atoms with Gasteiger partial charge >= 0.3 is 0 Å². The van der Waals surface area contributed by atoms with E-state index in [0.717, 1.165) is 56.2 Å². The van der Waals surface area contributed by atoms with Crippen LogP contribution in [-0.2, 0) is 4.74 Å². The monoisotopic (exact) mass is 411 g/mol. The lowest BCUT2D eigenvalue weighted by Crippen LogP contribution is -2.46. The molecule has 1 aliphatic rings. The van der Waals surface area contributed by atoms with Gasteiger partial charge in [0.2, 0.25) is 0 Å². The summed E-state index contributed by atoms with van der Waals surface area (Å²) in [5, 5.41) is 6.94. The second-order valence-electron chi connectivity index (χ2n) is 6.32. The van der Waals surface area contributed by atoms with Crippen molar-refractivity contribution in [3.8, 4) is 0 Å². The van der Waals surface area contributed by atoms with Gasteiger partial charge in [0, 0.05) is 57.4 Å². The molecule has 0 saturated carbocycles. The third-order valence-corrected chi connectivity index (χ3v) is 5.08. The van der Waals surface area contributed by atoms with Gasteiger partial charge in [-0.3, -0.25) is 4.99 Å². The van der Waals surface area contributed by atoms with E-state index in [4.69, 9.17) is 4.74 Å². The van der Waals surface area contributed by atoms with Crippen LogP contribution in [0.1, 0.15) is 6.42 Å². The Labute approximate surface area is 159 Å². The maximum atomic E-state index is 5.10. The number of methoxy groups -OCH3 is 1. The Hall–Kier alpha value is -1.31. The predicted octanol–water partition coefficient (Wildman–Crippen LogP) is 1.77. The summed E-state index contributed by atoms with van der Waals surface area (Å²) in [7, 11) is 5.66. The van der Waals surface area contributed by atoms with Crippen LogP contribution < -0.4 is 15.5 Å². The van der Waals surface area contributed by atoms with Gasteiger partial charge in [-0.25, -0.2) is 0 Å². The number of guanidine groups is 1. The first-order valence-corrected chi connectivity index (χ1v) is 9.57. The zero-order chi connectivity index (χ0) is 18.1. The summed E-state index contributed by atoms with van der Waals surface area (Å²) in [4.78, 5) is 9.00. The normalized spacial score (nSPS) is 18.0. The van der Waals surface area contributed by atoms with Crippen molar-refractivity contribution < 1.29 is 4.74 Å². The lowest BCUT2D eigenvalue weighted by Gasteiger charge is -2.22. The van der Waals surface area contributed by atoms with Crippen molar-refractivity contribution in [1.82, 2.24) is 15.5 Å². The largest absolute Gasteiger partial charge is 0.383 e. The number of anilines is 1. The number of aliphatic imine (C=N–C) groups is 1. The molecule has 1 aromatic carbocycles. The Bertz CT molecular complexity index is 554. The quantitative estimate of drug-likeness (QED) is 0.504. The van der Waals surface area contributed by atoms with Crippen LogP contribution in [0.5, 0.6) is 0 Å². The van der Waals surface area contributed by atoms with Crippen LogP contribution in [0, 0.1) is 0 Å². The highest BCUT2D eigenvalue weighted by Gasteiger charge is 2.24. The topological polar surface area (TPSA) is 52.1 Å². The second kappa shape index (κ2) is 10.6. The van der Waals surface area contributed by atoms with E-state index in [1.54, 1.807) is 7.11 Å². The fraction of sp³-hybridized carbons (Fsp3) is 0.611. The number of nitrogens with zero attached hydrogens (tertiary/aromatic N) is 3. The van der Waals surface area contributed by atoms with Gasteiger partial charge in [0.05, 0.1) is 12.3 Å². The number of benzene rings is 1. The van der Waals surface area contributed by atoms with Gasteiger partial charge in [-0.1, -0.05) is 12.1 Å². The molecule has 0 aliphatic carbocycles. The standard InChI is InChI=1S/C18H30BrN5O/c1-20-18(21-9-11-23(2)12-13-25-3)22-15-8-10-24(14-15)17-7-5-4-6-16(17)19/h4-7,15H,8-14H2,1-3H3,(H2,20,21,22). The van der Waals surface area contributed by atoms with E-state index < -0.39 is 0 Å². The Kier molecular flexibility index (Phi) is 8.51. The molecule has 1 heterocycles. The van der Waals surface area contributed by atoms with E-state index in [1.807, 2.05) is 7.05 Å². The number of rotatable bonds is 8. The van der Waals surface area contributed by atoms with E-state index in [1.165, 1.54) is 5.69 Å². The molecular formula is C18H30BrN5O. The fourth-order valence-corrected chi connectivity index (χ4v) is 3.45. The number of hydrogen-bond acceptors (Lipinski definition) is 4. The van der Waals surface area contributed by atoms with Crippen molar-refractivity contribution in [2.75, 3.05) is 65.4 Å². The minimum atomic E-state index is 0.407. The Balaban J connectivity index is 1.74. The van der Waals surface area contributed by atoms with Gasteiger partial charge in [-0.15, -0.1) is 0 Å². The van der Waals surface area contributed by atoms with Crippen LogP contribution >= 0.6 is 15.9 Å². The fourth-order valence-electron chi connectivity index (χ4n) is 2.92. The molecule has 1 aromatic rings. The van der Waals surface area contributed by atoms with E-state index in [9.17, 15) is 0 Å². The van der Waals surface area contributed by atoms with E-state index in [0.29, 0.717) is 6.04 Å². The Morgan fingerprint density at radius 1 is 1.40 bits per heavy atom. The maximum absolute atomic E-state index is 5.10. The molecule has 0 aromatic heterocycles. The summed E-state index contributed by atoms with van der Waals surface area (Å²) in [6, 6.07) is 8.80. The zero-order valence-electron chi connectivity index (χ0n) is 15.5. The molecule has 2 N–H and O–H groups in total. The van der Waals surface area contributed by atoms with Crippen LogP contribution in [0.15, 0.2) is 33.7 Å². The van der Waals surface area contributed by atoms with Crippen molar-refractivity contribution in [2.24, 2.45) is 4.99 Å². The molecule has 1 saturated heterocycles. The van der Waals surface area contributed by atoms with Crippen molar-refractivity contribution >= 4 is 27.6 Å². The smallest absolute Gasteiger partial charge is 0.191 e. The number of nitrogens with one attached hydrogen (secondary N) is 2. The third-order valence-electron chi connectivity index (χ3n) is 4.41. The molecule has 0 spiro atoms. The lowest BCUT2D eigenvalue weighted by molar-refractivity contribution is 0.162. The van der Waals surface area contributed by atoms with Crippen molar-refractivity contribution in [2.45, 2.75) is 12.5 Å². The summed E-state index contributed by atoms with van der Waals surface area (Å²) in [6.45, 7) is 5.55.